The fraction of sp³-hybridized carbons (Fsp3) is 0.500. The van der Waals surface area contributed by atoms with Crippen LogP contribution in [0, 0.1) is 5.92 Å². The number of nitrogens with two attached hydrogens (primary N) is 1. The number of benzene rings is 1. The summed E-state index contributed by atoms with van der Waals surface area (Å²) in [5.41, 5.74) is 3.92. The molecule has 1 aromatic rings. The highest BCUT2D eigenvalue weighted by molar-refractivity contribution is 9.10. The maximum atomic E-state index is 11.4. The van der Waals surface area contributed by atoms with Gasteiger partial charge in [-0.1, -0.05) is 28.9 Å². The van der Waals surface area contributed by atoms with Gasteiger partial charge in [0.05, 0.1) is 0 Å². The van der Waals surface area contributed by atoms with E-state index in [1.165, 1.54) is 12.0 Å². The Morgan fingerprint density at radius 2 is 2.26 bits per heavy atom. The number of halogens is 1. The minimum atomic E-state index is -0.268. The Morgan fingerprint density at radius 3 is 2.79 bits per heavy atom. The van der Waals surface area contributed by atoms with Gasteiger partial charge in [-0.2, -0.15) is 0 Å². The van der Waals surface area contributed by atoms with E-state index in [4.69, 9.17) is 5.84 Å². The molecule has 1 amide bonds. The molecule has 1 saturated heterocycles. The molecule has 2 unspecified atom stereocenters. The second-order valence-corrected chi connectivity index (χ2v) is 6.25. The molecule has 0 aromatic heterocycles. The fourth-order valence-electron chi connectivity index (χ4n) is 2.73. The van der Waals surface area contributed by atoms with Gasteiger partial charge in [0.2, 0.25) is 0 Å². The van der Waals surface area contributed by atoms with Crippen molar-refractivity contribution in [3.05, 3.63) is 33.8 Å². The van der Waals surface area contributed by atoms with Crippen LogP contribution in [0.15, 0.2) is 22.7 Å². The van der Waals surface area contributed by atoms with Crippen molar-refractivity contribution in [3.63, 3.8) is 0 Å². The third-order valence-electron chi connectivity index (χ3n) is 3.73. The first kappa shape index (κ1) is 14.5. The number of nitrogens with one attached hydrogen (secondary N) is 1. The Kier molecular flexibility index (Phi) is 4.60. The van der Waals surface area contributed by atoms with Crippen molar-refractivity contribution in [1.82, 2.24) is 10.3 Å². The van der Waals surface area contributed by atoms with Crippen molar-refractivity contribution in [1.29, 1.82) is 0 Å². The molecule has 1 heterocycles. The topological polar surface area (TPSA) is 58.4 Å². The van der Waals surface area contributed by atoms with Crippen LogP contribution in [0.2, 0.25) is 0 Å². The van der Waals surface area contributed by atoms with E-state index < -0.39 is 0 Å². The smallest absolute Gasteiger partial charge is 0.265 e. The SMILES string of the molecule is CC1CC(C)N(Cc2ccc(C(=O)NN)cc2Br)C1. The van der Waals surface area contributed by atoms with Crippen molar-refractivity contribution in [2.75, 3.05) is 6.54 Å². The average molecular weight is 326 g/mol. The predicted octanol–water partition coefficient (Wildman–Crippen LogP) is 2.28. The Morgan fingerprint density at radius 1 is 1.53 bits per heavy atom. The third kappa shape index (κ3) is 3.35. The molecular weight excluding hydrogens is 306 g/mol. The number of hydrogen-bond acceptors (Lipinski definition) is 3. The quantitative estimate of drug-likeness (QED) is 0.509. The minimum Gasteiger partial charge on any atom is -0.296 e. The zero-order valence-corrected chi connectivity index (χ0v) is 12.9. The molecule has 104 valence electrons. The van der Waals surface area contributed by atoms with Crippen LogP contribution in [-0.4, -0.2) is 23.4 Å². The van der Waals surface area contributed by atoms with Crippen molar-refractivity contribution in [2.45, 2.75) is 32.9 Å². The van der Waals surface area contributed by atoms with E-state index in [1.54, 1.807) is 0 Å². The van der Waals surface area contributed by atoms with E-state index in [0.29, 0.717) is 11.6 Å². The lowest BCUT2D eigenvalue weighted by molar-refractivity contribution is 0.0953. The molecule has 0 saturated carbocycles. The monoisotopic (exact) mass is 325 g/mol. The van der Waals surface area contributed by atoms with E-state index in [0.717, 1.165) is 23.5 Å². The molecule has 0 aliphatic carbocycles. The zero-order valence-electron chi connectivity index (χ0n) is 11.3. The number of hydrazine groups is 1. The van der Waals surface area contributed by atoms with Gasteiger partial charge < -0.3 is 0 Å². The molecule has 0 bridgehead atoms. The summed E-state index contributed by atoms with van der Waals surface area (Å²) in [5.74, 6) is 5.63. The summed E-state index contributed by atoms with van der Waals surface area (Å²) in [7, 11) is 0. The van der Waals surface area contributed by atoms with Gasteiger partial charge in [0, 0.05) is 29.2 Å². The van der Waals surface area contributed by atoms with Crippen LogP contribution in [0.1, 0.15) is 36.2 Å². The molecule has 1 aliphatic heterocycles. The Balaban J connectivity index is 2.11. The van der Waals surface area contributed by atoms with Crippen molar-refractivity contribution in [2.24, 2.45) is 11.8 Å². The molecule has 1 aromatic carbocycles. The van der Waals surface area contributed by atoms with Crippen LogP contribution in [0.5, 0.6) is 0 Å². The van der Waals surface area contributed by atoms with Crippen molar-refractivity contribution >= 4 is 21.8 Å². The van der Waals surface area contributed by atoms with Crippen LogP contribution in [0.25, 0.3) is 0 Å². The fourth-order valence-corrected chi connectivity index (χ4v) is 3.23. The molecule has 4 nitrogen and oxygen atoms in total. The number of rotatable bonds is 3. The van der Waals surface area contributed by atoms with Crippen molar-refractivity contribution in [3.8, 4) is 0 Å². The predicted molar refractivity (Wildman–Crippen MR) is 79.4 cm³/mol. The summed E-state index contributed by atoms with van der Waals surface area (Å²) in [6.45, 7) is 6.61. The highest BCUT2D eigenvalue weighted by Gasteiger charge is 2.26. The number of carbonyl (C=O) groups is 1. The van der Waals surface area contributed by atoms with Gasteiger partial charge in [-0.05, 0) is 37.0 Å². The molecule has 19 heavy (non-hydrogen) atoms. The highest BCUT2D eigenvalue weighted by atomic mass is 79.9. The van der Waals surface area contributed by atoms with Crippen LogP contribution >= 0.6 is 15.9 Å². The standard InChI is InChI=1S/C14H20BrN3O/c1-9-5-10(2)18(7-9)8-12-4-3-11(6-13(12)15)14(19)17-16/h3-4,6,9-10H,5,7-8,16H2,1-2H3,(H,17,19). The van der Waals surface area contributed by atoms with Crippen LogP contribution in [0.4, 0.5) is 0 Å². The third-order valence-corrected chi connectivity index (χ3v) is 4.47. The van der Waals surface area contributed by atoms with Gasteiger partial charge in [0.25, 0.3) is 5.91 Å². The van der Waals surface area contributed by atoms with Crippen molar-refractivity contribution < 1.29 is 4.79 Å². The molecule has 0 spiro atoms. The van der Waals surface area contributed by atoms with Gasteiger partial charge in [-0.3, -0.25) is 15.1 Å². The van der Waals surface area contributed by atoms with E-state index in [1.807, 2.05) is 18.2 Å². The Labute approximate surface area is 122 Å². The number of amides is 1. The van der Waals surface area contributed by atoms with Gasteiger partial charge in [-0.25, -0.2) is 5.84 Å². The van der Waals surface area contributed by atoms with Crippen LogP contribution < -0.4 is 11.3 Å². The Hall–Kier alpha value is -0.910. The van der Waals surface area contributed by atoms with E-state index in [9.17, 15) is 4.79 Å². The Bertz CT molecular complexity index is 478. The number of nitrogen functional groups attached to an aromatic ring is 1. The van der Waals surface area contributed by atoms with E-state index in [2.05, 4.69) is 40.1 Å². The summed E-state index contributed by atoms with van der Waals surface area (Å²) >= 11 is 3.54. The van der Waals surface area contributed by atoms with Gasteiger partial charge in [0.15, 0.2) is 0 Å². The van der Waals surface area contributed by atoms with E-state index >= 15 is 0 Å². The van der Waals surface area contributed by atoms with Crippen LogP contribution in [-0.2, 0) is 6.54 Å². The molecule has 1 aliphatic rings. The first-order chi connectivity index (χ1) is 9.01. The van der Waals surface area contributed by atoms with Crippen LogP contribution in [0.3, 0.4) is 0 Å². The number of nitrogens with zero attached hydrogens (tertiary/aromatic N) is 1. The molecule has 5 heteroatoms. The second kappa shape index (κ2) is 6.03. The highest BCUT2D eigenvalue weighted by Crippen LogP contribution is 2.27. The average Bonchev–Trinajstić information content (AvgIpc) is 2.69. The van der Waals surface area contributed by atoms with E-state index in [-0.39, 0.29) is 5.91 Å². The molecule has 3 N–H and O–H groups in total. The lowest BCUT2D eigenvalue weighted by Gasteiger charge is -2.21. The summed E-state index contributed by atoms with van der Waals surface area (Å²) in [4.78, 5) is 13.9. The maximum Gasteiger partial charge on any atom is 0.265 e. The number of hydrogen-bond donors (Lipinski definition) is 2. The molecule has 2 rings (SSSR count). The summed E-state index contributed by atoms with van der Waals surface area (Å²) in [6, 6.07) is 6.24. The van der Waals surface area contributed by atoms with Gasteiger partial charge >= 0.3 is 0 Å². The first-order valence-electron chi connectivity index (χ1n) is 6.54. The van der Waals surface area contributed by atoms with Gasteiger partial charge in [-0.15, -0.1) is 0 Å². The first-order valence-corrected chi connectivity index (χ1v) is 7.34. The lowest BCUT2D eigenvalue weighted by atomic mass is 10.1. The number of carbonyl (C=O) groups excluding carboxylic acids is 1. The van der Waals surface area contributed by atoms with Gasteiger partial charge in [0.1, 0.15) is 0 Å². The summed E-state index contributed by atoms with van der Waals surface area (Å²) in [6.07, 6.45) is 1.26. The zero-order chi connectivity index (χ0) is 14.0. The largest absolute Gasteiger partial charge is 0.296 e. The second-order valence-electron chi connectivity index (χ2n) is 5.40. The summed E-state index contributed by atoms with van der Waals surface area (Å²) in [5, 5.41) is 0. The lowest BCUT2D eigenvalue weighted by Crippen LogP contribution is -2.30. The molecule has 0 radical (unpaired) electrons. The number of likely N-dealkylation sites (tertiary alicyclic amines) is 1. The molecular formula is C14H20BrN3O. The minimum absolute atomic E-state index is 0.268. The maximum absolute atomic E-state index is 11.4. The molecule has 1 fully saturated rings. The summed E-state index contributed by atoms with van der Waals surface area (Å²) < 4.78 is 0.959. The molecule has 2 atom stereocenters. The normalized spacial score (nSPS) is 23.6.